The largest absolute Gasteiger partial charge is 0.471 e. The maximum absolute atomic E-state index is 12.5. The molecule has 0 N–H and O–H groups in total. The van der Waals surface area contributed by atoms with Crippen LogP contribution >= 0.6 is 11.3 Å². The van der Waals surface area contributed by atoms with Crippen molar-refractivity contribution >= 4 is 27.9 Å². The highest BCUT2D eigenvalue weighted by atomic mass is 32.1. The summed E-state index contributed by atoms with van der Waals surface area (Å²) in [5.41, 5.74) is 1.71. The Hall–Kier alpha value is -2.39. The van der Waals surface area contributed by atoms with Crippen molar-refractivity contribution in [3.63, 3.8) is 0 Å². The van der Waals surface area contributed by atoms with Gasteiger partial charge in [-0.25, -0.2) is 23.7 Å². The predicted octanol–water partition coefficient (Wildman–Crippen LogP) is 3.36. The molecule has 2 aromatic heterocycles. The SMILES string of the molecule is Cc1ncc(CN2CCN(c3ccc4ncnc(OCC(F)F)c4c3)CC2)s1. The van der Waals surface area contributed by atoms with Gasteiger partial charge in [0, 0.05) is 49.5 Å². The summed E-state index contributed by atoms with van der Waals surface area (Å²) < 4.78 is 30.2. The van der Waals surface area contributed by atoms with Crippen LogP contribution in [0.3, 0.4) is 0 Å². The van der Waals surface area contributed by atoms with Gasteiger partial charge in [0.25, 0.3) is 6.43 Å². The van der Waals surface area contributed by atoms with Gasteiger partial charge in [0.15, 0.2) is 6.61 Å². The third-order valence-corrected chi connectivity index (χ3v) is 5.61. The lowest BCUT2D eigenvalue weighted by molar-refractivity contribution is 0.0804. The fourth-order valence-electron chi connectivity index (χ4n) is 3.34. The Morgan fingerprint density at radius 3 is 2.68 bits per heavy atom. The molecule has 3 aromatic rings. The van der Waals surface area contributed by atoms with E-state index < -0.39 is 13.0 Å². The number of thiazole rings is 1. The summed E-state index contributed by atoms with van der Waals surface area (Å²) in [6, 6.07) is 5.82. The van der Waals surface area contributed by atoms with Gasteiger partial charge in [-0.3, -0.25) is 4.90 Å². The zero-order chi connectivity index (χ0) is 19.5. The zero-order valence-corrected chi connectivity index (χ0v) is 16.3. The van der Waals surface area contributed by atoms with Crippen LogP contribution in [0.1, 0.15) is 9.88 Å². The molecule has 1 aromatic carbocycles. The van der Waals surface area contributed by atoms with E-state index in [0.717, 1.165) is 43.4 Å². The van der Waals surface area contributed by atoms with Gasteiger partial charge in [-0.1, -0.05) is 0 Å². The molecule has 148 valence electrons. The Bertz CT molecular complexity index is 943. The molecule has 28 heavy (non-hydrogen) atoms. The van der Waals surface area contributed by atoms with Crippen LogP contribution in [0.4, 0.5) is 14.5 Å². The highest BCUT2D eigenvalue weighted by Gasteiger charge is 2.19. The van der Waals surface area contributed by atoms with E-state index in [0.29, 0.717) is 10.9 Å². The second kappa shape index (κ2) is 8.32. The fraction of sp³-hybridized carbons (Fsp3) is 0.421. The van der Waals surface area contributed by atoms with Crippen LogP contribution in [0.2, 0.25) is 0 Å². The monoisotopic (exact) mass is 405 g/mol. The number of ether oxygens (including phenoxy) is 1. The Morgan fingerprint density at radius 2 is 1.96 bits per heavy atom. The first-order valence-electron chi connectivity index (χ1n) is 9.13. The summed E-state index contributed by atoms with van der Waals surface area (Å²) in [5, 5.41) is 1.75. The van der Waals surface area contributed by atoms with Crippen LogP contribution in [-0.2, 0) is 6.54 Å². The topological polar surface area (TPSA) is 54.4 Å². The number of halogens is 2. The van der Waals surface area contributed by atoms with Crippen molar-refractivity contribution in [3.05, 3.63) is 40.6 Å². The predicted molar refractivity (Wildman–Crippen MR) is 105 cm³/mol. The average molecular weight is 405 g/mol. The van der Waals surface area contributed by atoms with E-state index in [1.807, 2.05) is 31.3 Å². The third kappa shape index (κ3) is 4.36. The summed E-state index contributed by atoms with van der Waals surface area (Å²) in [4.78, 5) is 18.5. The van der Waals surface area contributed by atoms with E-state index in [4.69, 9.17) is 4.74 Å². The van der Waals surface area contributed by atoms with Gasteiger partial charge in [0.1, 0.15) is 6.33 Å². The summed E-state index contributed by atoms with van der Waals surface area (Å²) in [6.45, 7) is 5.97. The molecule has 0 amide bonds. The zero-order valence-electron chi connectivity index (χ0n) is 15.5. The van der Waals surface area contributed by atoms with E-state index in [1.165, 1.54) is 11.2 Å². The van der Waals surface area contributed by atoms with Crippen molar-refractivity contribution in [1.29, 1.82) is 0 Å². The molecule has 0 radical (unpaired) electrons. The molecular formula is C19H21F2N5OS. The van der Waals surface area contributed by atoms with E-state index in [1.54, 1.807) is 11.3 Å². The lowest BCUT2D eigenvalue weighted by Crippen LogP contribution is -2.45. The van der Waals surface area contributed by atoms with Crippen molar-refractivity contribution < 1.29 is 13.5 Å². The average Bonchev–Trinajstić information content (AvgIpc) is 3.11. The lowest BCUT2D eigenvalue weighted by Gasteiger charge is -2.36. The molecule has 0 saturated carbocycles. The minimum Gasteiger partial charge on any atom is -0.471 e. The van der Waals surface area contributed by atoms with Gasteiger partial charge in [0.05, 0.1) is 15.9 Å². The molecule has 3 heterocycles. The van der Waals surface area contributed by atoms with Gasteiger partial charge >= 0.3 is 0 Å². The Labute approximate surface area is 165 Å². The van der Waals surface area contributed by atoms with Crippen LogP contribution < -0.4 is 9.64 Å². The normalized spacial score (nSPS) is 15.5. The maximum Gasteiger partial charge on any atom is 0.272 e. The summed E-state index contributed by atoms with van der Waals surface area (Å²) in [5.74, 6) is 0.200. The number of aryl methyl sites for hydroxylation is 1. The Morgan fingerprint density at radius 1 is 1.14 bits per heavy atom. The number of hydrogen-bond donors (Lipinski definition) is 0. The number of nitrogens with zero attached hydrogens (tertiary/aromatic N) is 5. The third-order valence-electron chi connectivity index (χ3n) is 4.71. The highest BCUT2D eigenvalue weighted by molar-refractivity contribution is 7.11. The van der Waals surface area contributed by atoms with Crippen LogP contribution in [0.25, 0.3) is 10.9 Å². The molecule has 0 spiro atoms. The molecular weight excluding hydrogens is 384 g/mol. The first-order valence-corrected chi connectivity index (χ1v) is 9.94. The van der Waals surface area contributed by atoms with Gasteiger partial charge in [-0.15, -0.1) is 11.3 Å². The van der Waals surface area contributed by atoms with Gasteiger partial charge < -0.3 is 9.64 Å². The van der Waals surface area contributed by atoms with Crippen molar-refractivity contribution in [3.8, 4) is 5.88 Å². The number of hydrogen-bond acceptors (Lipinski definition) is 7. The Balaban J connectivity index is 1.45. The van der Waals surface area contributed by atoms with E-state index in [2.05, 4.69) is 24.8 Å². The highest BCUT2D eigenvalue weighted by Crippen LogP contribution is 2.28. The number of alkyl halides is 2. The molecule has 6 nitrogen and oxygen atoms in total. The molecule has 0 unspecified atom stereocenters. The van der Waals surface area contributed by atoms with Gasteiger partial charge in [-0.2, -0.15) is 0 Å². The van der Waals surface area contributed by atoms with Crippen molar-refractivity contribution in [1.82, 2.24) is 19.9 Å². The second-order valence-electron chi connectivity index (χ2n) is 6.69. The lowest BCUT2D eigenvalue weighted by atomic mass is 10.2. The van der Waals surface area contributed by atoms with Gasteiger partial charge in [0.2, 0.25) is 5.88 Å². The van der Waals surface area contributed by atoms with Gasteiger partial charge in [-0.05, 0) is 25.1 Å². The smallest absolute Gasteiger partial charge is 0.272 e. The van der Waals surface area contributed by atoms with Crippen molar-refractivity contribution in [2.45, 2.75) is 19.9 Å². The molecule has 1 saturated heterocycles. The number of benzene rings is 1. The first kappa shape index (κ1) is 18.9. The fourth-order valence-corrected chi connectivity index (χ4v) is 4.17. The second-order valence-corrected chi connectivity index (χ2v) is 8.01. The molecule has 4 rings (SSSR count). The van der Waals surface area contributed by atoms with E-state index in [-0.39, 0.29) is 5.88 Å². The summed E-state index contributed by atoms with van der Waals surface area (Å²) >= 11 is 1.74. The van der Waals surface area contributed by atoms with Crippen LogP contribution in [0.15, 0.2) is 30.7 Å². The first-order chi connectivity index (χ1) is 13.6. The minimum atomic E-state index is -2.54. The minimum absolute atomic E-state index is 0.200. The molecule has 1 aliphatic rings. The molecule has 1 aliphatic heterocycles. The quantitative estimate of drug-likeness (QED) is 0.627. The molecule has 0 aliphatic carbocycles. The number of piperazine rings is 1. The van der Waals surface area contributed by atoms with Crippen molar-refractivity contribution in [2.24, 2.45) is 0 Å². The molecule has 0 atom stereocenters. The van der Waals surface area contributed by atoms with Crippen LogP contribution in [0.5, 0.6) is 5.88 Å². The summed E-state index contributed by atoms with van der Waals surface area (Å²) in [6.07, 6.45) is 0.753. The summed E-state index contributed by atoms with van der Waals surface area (Å²) in [7, 11) is 0. The number of aromatic nitrogens is 3. The number of anilines is 1. The van der Waals surface area contributed by atoms with Crippen molar-refractivity contribution in [2.75, 3.05) is 37.7 Å². The maximum atomic E-state index is 12.5. The molecule has 9 heteroatoms. The Kier molecular flexibility index (Phi) is 5.63. The molecule has 1 fully saturated rings. The van der Waals surface area contributed by atoms with E-state index in [9.17, 15) is 8.78 Å². The molecule has 0 bridgehead atoms. The van der Waals surface area contributed by atoms with Crippen LogP contribution in [-0.4, -0.2) is 59.1 Å². The standard InChI is InChI=1S/C19H21F2N5OS/c1-13-22-9-15(28-13)10-25-4-6-26(7-5-25)14-2-3-17-16(8-14)19(24-12-23-17)27-11-18(20)21/h2-3,8-9,12,18H,4-7,10-11H2,1H3. The van der Waals surface area contributed by atoms with E-state index >= 15 is 0 Å². The number of rotatable bonds is 6. The van der Waals surface area contributed by atoms with Crippen LogP contribution in [0, 0.1) is 6.92 Å². The number of fused-ring (bicyclic) bond motifs is 1.